The van der Waals surface area contributed by atoms with E-state index in [-0.39, 0.29) is 30.4 Å². The number of nitrogens with two attached hydrogens (primary N) is 1. The molecular weight excluding hydrogens is 328 g/mol. The lowest BCUT2D eigenvalue weighted by Gasteiger charge is -2.38. The molecule has 2 atom stereocenters. The number of carbonyl (C=O) groups excluding carboxylic acids is 1. The van der Waals surface area contributed by atoms with Crippen LogP contribution in [0.5, 0.6) is 5.88 Å². The summed E-state index contributed by atoms with van der Waals surface area (Å²) in [4.78, 5) is 18.3. The quantitative estimate of drug-likeness (QED) is 0.922. The first-order chi connectivity index (χ1) is 12.0. The Morgan fingerprint density at radius 1 is 1.32 bits per heavy atom. The maximum absolute atomic E-state index is 14.1. The van der Waals surface area contributed by atoms with E-state index in [1.165, 1.54) is 7.11 Å². The molecule has 7 heteroatoms. The highest BCUT2D eigenvalue weighted by molar-refractivity contribution is 5.94. The number of hydrogen-bond acceptors (Lipinski definition) is 4. The van der Waals surface area contributed by atoms with Crippen molar-refractivity contribution in [2.75, 3.05) is 25.1 Å². The van der Waals surface area contributed by atoms with Crippen LogP contribution in [-0.4, -0.2) is 31.1 Å². The summed E-state index contributed by atoms with van der Waals surface area (Å²) in [5, 5.41) is 0. The number of benzene rings is 1. The number of methoxy groups -OCH3 is 1. The number of piperidine rings is 1. The lowest BCUT2D eigenvalue weighted by atomic mass is 9.79. The molecule has 1 aromatic carbocycles. The molecule has 0 unspecified atom stereocenters. The minimum absolute atomic E-state index is 0.0638. The monoisotopic (exact) mass is 347 g/mol. The van der Waals surface area contributed by atoms with Crippen LogP contribution in [0.25, 0.3) is 0 Å². The molecule has 132 valence electrons. The van der Waals surface area contributed by atoms with Gasteiger partial charge in [-0.15, -0.1) is 0 Å². The Kier molecular flexibility index (Phi) is 4.94. The molecule has 1 aliphatic heterocycles. The summed E-state index contributed by atoms with van der Waals surface area (Å²) in [5.41, 5.74) is 6.69. The van der Waals surface area contributed by atoms with Crippen molar-refractivity contribution in [2.45, 2.75) is 12.3 Å². The Morgan fingerprint density at radius 2 is 2.12 bits per heavy atom. The van der Waals surface area contributed by atoms with E-state index in [2.05, 4.69) is 4.98 Å². The van der Waals surface area contributed by atoms with Crippen LogP contribution in [0.15, 0.2) is 36.5 Å². The topological polar surface area (TPSA) is 68.5 Å². The molecule has 1 saturated heterocycles. The first-order valence-corrected chi connectivity index (χ1v) is 7.99. The number of ether oxygens (including phenoxy) is 1. The fraction of sp³-hybridized carbons (Fsp3) is 0.333. The molecular formula is C18H19F2N3O2. The van der Waals surface area contributed by atoms with Crippen molar-refractivity contribution < 1.29 is 18.3 Å². The average Bonchev–Trinajstić information content (AvgIpc) is 2.63. The largest absolute Gasteiger partial charge is 0.481 e. The van der Waals surface area contributed by atoms with Crippen molar-refractivity contribution in [1.29, 1.82) is 0 Å². The van der Waals surface area contributed by atoms with Gasteiger partial charge in [-0.1, -0.05) is 0 Å². The highest BCUT2D eigenvalue weighted by Gasteiger charge is 2.36. The smallest absolute Gasteiger partial charge is 0.227 e. The van der Waals surface area contributed by atoms with E-state index >= 15 is 0 Å². The normalized spacial score (nSPS) is 20.6. The van der Waals surface area contributed by atoms with Gasteiger partial charge in [0.25, 0.3) is 0 Å². The Labute approximate surface area is 144 Å². The molecule has 2 heterocycles. The Balaban J connectivity index is 1.87. The fourth-order valence-corrected chi connectivity index (χ4v) is 3.23. The number of pyridine rings is 1. The molecule has 5 nitrogen and oxygen atoms in total. The predicted molar refractivity (Wildman–Crippen MR) is 89.4 cm³/mol. The molecule has 0 spiro atoms. The number of rotatable bonds is 4. The minimum atomic E-state index is -0.526. The van der Waals surface area contributed by atoms with Gasteiger partial charge in [-0.2, -0.15) is 0 Å². The standard InChI is InChI=1S/C18H19F2N3O2/c1-25-17-5-3-13(9-22-17)23-10-11(8-21)14(7-18(23)24)15-6-12(19)2-4-16(15)20/h2-6,9,11,14H,7-8,10,21H2,1H3/t11-,14-/m0/s1. The van der Waals surface area contributed by atoms with E-state index in [1.54, 1.807) is 23.2 Å². The summed E-state index contributed by atoms with van der Waals surface area (Å²) in [6.45, 7) is 0.581. The van der Waals surface area contributed by atoms with Crippen LogP contribution < -0.4 is 15.4 Å². The van der Waals surface area contributed by atoms with Crippen LogP contribution >= 0.6 is 0 Å². The van der Waals surface area contributed by atoms with Crippen molar-refractivity contribution >= 4 is 11.6 Å². The Morgan fingerprint density at radius 3 is 2.76 bits per heavy atom. The van der Waals surface area contributed by atoms with Crippen LogP contribution in [0.3, 0.4) is 0 Å². The Bertz CT molecular complexity index is 767. The lowest BCUT2D eigenvalue weighted by molar-refractivity contribution is -0.120. The van der Waals surface area contributed by atoms with Crippen molar-refractivity contribution in [1.82, 2.24) is 4.98 Å². The van der Waals surface area contributed by atoms with Gasteiger partial charge in [0.2, 0.25) is 11.8 Å². The molecule has 1 fully saturated rings. The van der Waals surface area contributed by atoms with Crippen LogP contribution in [0, 0.1) is 17.6 Å². The fourth-order valence-electron chi connectivity index (χ4n) is 3.23. The maximum atomic E-state index is 14.1. The van der Waals surface area contributed by atoms with E-state index in [0.29, 0.717) is 18.1 Å². The van der Waals surface area contributed by atoms with Gasteiger partial charge < -0.3 is 15.4 Å². The van der Waals surface area contributed by atoms with E-state index in [9.17, 15) is 13.6 Å². The Hall–Kier alpha value is -2.54. The number of aromatic nitrogens is 1. The maximum Gasteiger partial charge on any atom is 0.227 e. The van der Waals surface area contributed by atoms with E-state index in [4.69, 9.17) is 10.5 Å². The van der Waals surface area contributed by atoms with Crippen LogP contribution in [0.4, 0.5) is 14.5 Å². The van der Waals surface area contributed by atoms with Crippen molar-refractivity contribution in [2.24, 2.45) is 11.7 Å². The van der Waals surface area contributed by atoms with Crippen LogP contribution in [-0.2, 0) is 4.79 Å². The molecule has 1 aliphatic rings. The third-order valence-corrected chi connectivity index (χ3v) is 4.58. The van der Waals surface area contributed by atoms with Gasteiger partial charge >= 0.3 is 0 Å². The second kappa shape index (κ2) is 7.14. The SMILES string of the molecule is COc1ccc(N2C[C@H](CN)[C@@H](c3cc(F)ccc3F)CC2=O)cn1. The van der Waals surface area contributed by atoms with Crippen LogP contribution in [0.2, 0.25) is 0 Å². The molecule has 3 rings (SSSR count). The van der Waals surface area contributed by atoms with Gasteiger partial charge in [0, 0.05) is 24.9 Å². The highest BCUT2D eigenvalue weighted by Crippen LogP contribution is 2.36. The number of carbonyl (C=O) groups is 1. The second-order valence-corrected chi connectivity index (χ2v) is 6.04. The van der Waals surface area contributed by atoms with E-state index < -0.39 is 17.6 Å². The molecule has 25 heavy (non-hydrogen) atoms. The van der Waals surface area contributed by atoms with Gasteiger partial charge in [-0.05, 0) is 42.3 Å². The summed E-state index contributed by atoms with van der Waals surface area (Å²) in [6.07, 6.45) is 1.61. The number of anilines is 1. The van der Waals surface area contributed by atoms with Crippen molar-refractivity contribution in [3.8, 4) is 5.88 Å². The first kappa shape index (κ1) is 17.3. The molecule has 0 bridgehead atoms. The zero-order chi connectivity index (χ0) is 18.0. The molecule has 2 aromatic rings. The zero-order valence-electron chi connectivity index (χ0n) is 13.8. The zero-order valence-corrected chi connectivity index (χ0v) is 13.8. The van der Waals surface area contributed by atoms with E-state index in [0.717, 1.165) is 18.2 Å². The van der Waals surface area contributed by atoms with Gasteiger partial charge in [-0.25, -0.2) is 13.8 Å². The summed E-state index contributed by atoms with van der Waals surface area (Å²) in [6, 6.07) is 6.71. The first-order valence-electron chi connectivity index (χ1n) is 7.99. The van der Waals surface area contributed by atoms with Gasteiger partial charge in [0.1, 0.15) is 11.6 Å². The second-order valence-electron chi connectivity index (χ2n) is 6.04. The van der Waals surface area contributed by atoms with Gasteiger partial charge in [0.05, 0.1) is 19.0 Å². The molecule has 1 amide bonds. The summed E-state index contributed by atoms with van der Waals surface area (Å²) in [7, 11) is 1.51. The molecule has 0 saturated carbocycles. The highest BCUT2D eigenvalue weighted by atomic mass is 19.1. The summed E-state index contributed by atoms with van der Waals surface area (Å²) in [5.74, 6) is -1.40. The number of halogens is 2. The number of nitrogens with zero attached hydrogens (tertiary/aromatic N) is 2. The number of hydrogen-bond donors (Lipinski definition) is 1. The summed E-state index contributed by atoms with van der Waals surface area (Å²) < 4.78 is 32.7. The molecule has 1 aromatic heterocycles. The van der Waals surface area contributed by atoms with Crippen molar-refractivity contribution in [3.63, 3.8) is 0 Å². The minimum Gasteiger partial charge on any atom is -0.481 e. The lowest BCUT2D eigenvalue weighted by Crippen LogP contribution is -2.46. The third-order valence-electron chi connectivity index (χ3n) is 4.58. The molecule has 2 N–H and O–H groups in total. The number of amides is 1. The van der Waals surface area contributed by atoms with Gasteiger partial charge in [-0.3, -0.25) is 4.79 Å². The van der Waals surface area contributed by atoms with Crippen molar-refractivity contribution in [3.05, 3.63) is 53.7 Å². The predicted octanol–water partition coefficient (Wildman–Crippen LogP) is 2.46. The third kappa shape index (κ3) is 3.46. The molecule has 0 aliphatic carbocycles. The van der Waals surface area contributed by atoms with Gasteiger partial charge in [0.15, 0.2) is 0 Å². The molecule has 0 radical (unpaired) electrons. The van der Waals surface area contributed by atoms with E-state index in [1.807, 2.05) is 0 Å². The average molecular weight is 347 g/mol. The van der Waals surface area contributed by atoms with Crippen LogP contribution in [0.1, 0.15) is 17.9 Å². The summed E-state index contributed by atoms with van der Waals surface area (Å²) >= 11 is 0.